The van der Waals surface area contributed by atoms with E-state index in [1.807, 2.05) is 60.7 Å². The van der Waals surface area contributed by atoms with E-state index in [0.29, 0.717) is 0 Å². The van der Waals surface area contributed by atoms with Crippen LogP contribution in [0.3, 0.4) is 0 Å². The molecule has 0 aliphatic rings. The summed E-state index contributed by atoms with van der Waals surface area (Å²) in [5, 5.41) is 21.1. The van der Waals surface area contributed by atoms with Gasteiger partial charge in [0, 0.05) is 9.79 Å². The number of carbonyl (C=O) groups excluding carboxylic acids is 2. The van der Waals surface area contributed by atoms with E-state index in [9.17, 15) is 19.8 Å². The van der Waals surface area contributed by atoms with Crippen molar-refractivity contribution in [3.8, 4) is 0 Å². The molecule has 152 valence electrons. The van der Waals surface area contributed by atoms with Crippen molar-refractivity contribution < 1.29 is 19.8 Å². The van der Waals surface area contributed by atoms with Gasteiger partial charge < -0.3 is 19.8 Å². The molecule has 0 bridgehead atoms. The smallest absolute Gasteiger partial charge is 0.544 e. The fraction of sp³-hybridized carbons (Fsp3) is 0. The van der Waals surface area contributed by atoms with Gasteiger partial charge in [-0.15, -0.1) is 22.7 Å². The molecule has 4 nitrogen and oxygen atoms in total. The third kappa shape index (κ3) is 8.65. The predicted molar refractivity (Wildman–Crippen MR) is 124 cm³/mol. The first-order chi connectivity index (χ1) is 14.5. The molecule has 0 spiro atoms. The maximum atomic E-state index is 10.6. The van der Waals surface area contributed by atoms with Crippen molar-refractivity contribution in [2.75, 3.05) is 0 Å². The molecule has 0 saturated carbocycles. The van der Waals surface area contributed by atoms with Gasteiger partial charge in [-0.3, -0.25) is 0 Å². The Morgan fingerprint density at radius 2 is 0.935 bits per heavy atom. The topological polar surface area (TPSA) is 80.3 Å². The third-order valence-electron chi connectivity index (χ3n) is 3.49. The molecule has 0 aliphatic carbocycles. The molecule has 0 fully saturated rings. The Morgan fingerprint density at radius 1 is 0.581 bits per heavy atom. The number of carbonyl (C=O) groups is 2. The van der Waals surface area contributed by atoms with Crippen LogP contribution in [-0.4, -0.2) is 49.7 Å². The van der Waals surface area contributed by atoms with Crippen LogP contribution in [0.15, 0.2) is 103 Å². The summed E-state index contributed by atoms with van der Waals surface area (Å²) in [4.78, 5) is 23.9. The van der Waals surface area contributed by atoms with E-state index in [4.69, 9.17) is 0 Å². The van der Waals surface area contributed by atoms with Gasteiger partial charge in [-0.05, 0) is 48.5 Å². The summed E-state index contributed by atoms with van der Waals surface area (Å²) in [6, 6.07) is 26.4. The van der Waals surface area contributed by atoms with Crippen molar-refractivity contribution in [2.45, 2.75) is 18.2 Å². The molecular weight excluding hydrogens is 497 g/mol. The molecule has 4 rings (SSSR count). The number of rotatable bonds is 6. The van der Waals surface area contributed by atoms with Crippen LogP contribution < -0.4 is 10.2 Å². The van der Waals surface area contributed by atoms with Crippen molar-refractivity contribution in [3.05, 3.63) is 94.7 Å². The number of hydrogen-bond acceptors (Lipinski definition) is 8. The van der Waals surface area contributed by atoms with E-state index in [-0.39, 0.29) is 47.5 Å². The van der Waals surface area contributed by atoms with E-state index < -0.39 is 11.9 Å². The van der Waals surface area contributed by atoms with E-state index >= 15 is 0 Å². The van der Waals surface area contributed by atoms with Gasteiger partial charge in [-0.1, -0.05) is 59.9 Å². The van der Waals surface area contributed by atoms with E-state index in [1.54, 1.807) is 47.8 Å². The molecule has 31 heavy (non-hydrogen) atoms. The summed E-state index contributed by atoms with van der Waals surface area (Å²) < 4.78 is 1.92. The molecule has 0 unspecified atom stereocenters. The van der Waals surface area contributed by atoms with Crippen LogP contribution in [0.25, 0.3) is 0 Å². The molecule has 0 atom stereocenters. The summed E-state index contributed by atoms with van der Waals surface area (Å²) in [6.45, 7) is 0. The third-order valence-corrected chi connectivity index (χ3v) is 7.90. The van der Waals surface area contributed by atoms with Crippen molar-refractivity contribution in [2.24, 2.45) is 0 Å². The van der Waals surface area contributed by atoms with Crippen LogP contribution in [-0.2, 0) is 0 Å². The summed E-state index contributed by atoms with van der Waals surface area (Å²) in [5.41, 5.74) is 0. The Morgan fingerprint density at radius 3 is 1.23 bits per heavy atom. The quantitative estimate of drug-likeness (QED) is 0.363. The van der Waals surface area contributed by atoms with Crippen molar-refractivity contribution >= 4 is 95.9 Å². The van der Waals surface area contributed by atoms with Gasteiger partial charge in [0.25, 0.3) is 0 Å². The minimum atomic E-state index is -1.11. The molecule has 2 heterocycles. The van der Waals surface area contributed by atoms with E-state index in [1.165, 1.54) is 22.7 Å². The molecule has 4 aromatic rings. The van der Waals surface area contributed by atoms with Crippen LogP contribution in [0.2, 0.25) is 0 Å². The number of aromatic carboxylic acids is 2. The van der Waals surface area contributed by atoms with E-state index in [2.05, 4.69) is 0 Å². The first kappa shape index (κ1) is 26.0. The molecule has 0 aliphatic heterocycles. The molecule has 2 aromatic carbocycles. The number of benzene rings is 2. The molecule has 2 aromatic heterocycles. The fourth-order valence-corrected chi connectivity index (χ4v) is 6.10. The van der Waals surface area contributed by atoms with Crippen LogP contribution >= 0.6 is 46.2 Å². The maximum absolute atomic E-state index is 10.6. The minimum Gasteiger partial charge on any atom is -0.544 e. The average molecular weight is 511 g/mol. The average Bonchev–Trinajstić information content (AvgIpc) is 3.40. The standard InChI is InChI=1S/2C11H8O2S2.Ca/c2*12-11(13)9-6-7-10(15-9)14-8-4-2-1-3-5-8;/h2*1-7H,(H,12,13);/q;;+2/p-2. The number of carboxylic acids is 2. The minimum absolute atomic E-state index is 0. The second-order valence-electron chi connectivity index (χ2n) is 5.64. The molecule has 0 radical (unpaired) electrons. The Kier molecular flexibility index (Phi) is 11.2. The number of carboxylic acid groups (broad SMARTS) is 2. The van der Waals surface area contributed by atoms with Gasteiger partial charge >= 0.3 is 37.7 Å². The van der Waals surface area contributed by atoms with Crippen molar-refractivity contribution in [1.29, 1.82) is 0 Å². The Labute approximate surface area is 226 Å². The summed E-state index contributed by atoms with van der Waals surface area (Å²) in [6.07, 6.45) is 0. The Hall–Kier alpha value is -1.26. The van der Waals surface area contributed by atoms with Crippen LogP contribution in [0.4, 0.5) is 0 Å². The second kappa shape index (κ2) is 13.3. The van der Waals surface area contributed by atoms with Gasteiger partial charge in [-0.25, -0.2) is 0 Å². The Bertz CT molecular complexity index is 1020. The van der Waals surface area contributed by atoms with Crippen LogP contribution in [0.5, 0.6) is 0 Å². The van der Waals surface area contributed by atoms with E-state index in [0.717, 1.165) is 18.2 Å². The van der Waals surface area contributed by atoms with Crippen LogP contribution in [0.1, 0.15) is 19.3 Å². The van der Waals surface area contributed by atoms with Crippen molar-refractivity contribution in [3.63, 3.8) is 0 Å². The van der Waals surface area contributed by atoms with Crippen molar-refractivity contribution in [1.82, 2.24) is 0 Å². The zero-order valence-electron chi connectivity index (χ0n) is 16.1. The number of hydrogen-bond donors (Lipinski definition) is 0. The van der Waals surface area contributed by atoms with Gasteiger partial charge in [0.15, 0.2) is 0 Å². The molecule has 9 heteroatoms. The molecular formula is C22H14CaO4S4. The molecule has 0 saturated heterocycles. The predicted octanol–water partition coefficient (Wildman–Crippen LogP) is 4.14. The zero-order valence-corrected chi connectivity index (χ0v) is 21.5. The van der Waals surface area contributed by atoms with Gasteiger partial charge in [0.1, 0.15) is 0 Å². The molecule has 0 amide bonds. The summed E-state index contributed by atoms with van der Waals surface area (Å²) in [7, 11) is 0. The van der Waals surface area contributed by atoms with Gasteiger partial charge in [0.2, 0.25) is 0 Å². The van der Waals surface area contributed by atoms with Crippen LogP contribution in [0, 0.1) is 0 Å². The normalized spacial score (nSPS) is 9.81. The Balaban J connectivity index is 0.000000213. The largest absolute Gasteiger partial charge is 2.00 e. The van der Waals surface area contributed by atoms with Gasteiger partial charge in [0.05, 0.1) is 30.1 Å². The van der Waals surface area contributed by atoms with Gasteiger partial charge in [-0.2, -0.15) is 0 Å². The second-order valence-corrected chi connectivity index (χ2v) is 10.6. The zero-order chi connectivity index (χ0) is 21.3. The summed E-state index contributed by atoms with van der Waals surface area (Å²) in [5.74, 6) is -2.22. The maximum Gasteiger partial charge on any atom is 2.00 e. The first-order valence-electron chi connectivity index (χ1n) is 8.59. The number of thiophene rings is 2. The SMILES string of the molecule is O=C([O-])c1ccc(Sc2ccccc2)s1.O=C([O-])c1ccc(Sc2ccccc2)s1.[Ca+2]. The first-order valence-corrected chi connectivity index (χ1v) is 11.9. The monoisotopic (exact) mass is 510 g/mol. The fourth-order valence-electron chi connectivity index (χ4n) is 2.18. The summed E-state index contributed by atoms with van der Waals surface area (Å²) >= 11 is 5.58. The molecule has 0 N–H and O–H groups in total.